The summed E-state index contributed by atoms with van der Waals surface area (Å²) in [6.45, 7) is 3.06. The third-order valence-corrected chi connectivity index (χ3v) is 5.30. The van der Waals surface area contributed by atoms with Crippen LogP contribution in [-0.2, 0) is 16.8 Å². The topological polar surface area (TPSA) is 74.6 Å². The minimum absolute atomic E-state index is 0.103. The predicted octanol–water partition coefficient (Wildman–Crippen LogP) is 1.95. The maximum atomic E-state index is 11.1. The van der Waals surface area contributed by atoms with Gasteiger partial charge in [-0.15, -0.1) is 0 Å². The molecule has 0 spiro atoms. The van der Waals surface area contributed by atoms with Gasteiger partial charge in [-0.2, -0.15) is 0 Å². The molecule has 0 radical (unpaired) electrons. The summed E-state index contributed by atoms with van der Waals surface area (Å²) in [5.74, 6) is 0.932. The van der Waals surface area contributed by atoms with Crippen LogP contribution in [0.3, 0.4) is 0 Å². The van der Waals surface area contributed by atoms with Crippen LogP contribution in [0, 0.1) is 0 Å². The monoisotopic (exact) mass is 314 g/mol. The molecule has 0 saturated carbocycles. The maximum absolute atomic E-state index is 11.1. The Morgan fingerprint density at radius 1 is 1.26 bits per heavy atom. The van der Waals surface area contributed by atoms with Crippen molar-refractivity contribution in [3.63, 3.8) is 0 Å². The number of hydrogen-bond donors (Lipinski definition) is 3. The second-order valence-corrected chi connectivity index (χ2v) is 6.67. The van der Waals surface area contributed by atoms with Crippen LogP contribution in [0.2, 0.25) is 0 Å². The zero-order valence-electron chi connectivity index (χ0n) is 13.3. The Bertz CT molecular complexity index is 763. The summed E-state index contributed by atoms with van der Waals surface area (Å²) in [6, 6.07) is 7.89. The van der Waals surface area contributed by atoms with Gasteiger partial charge in [-0.25, -0.2) is 4.98 Å². The Hall–Kier alpha value is -1.69. The number of nitrogens with one attached hydrogen (secondary N) is 1. The van der Waals surface area contributed by atoms with E-state index in [4.69, 9.17) is 9.72 Å². The summed E-state index contributed by atoms with van der Waals surface area (Å²) in [6.07, 6.45) is 2.60. The Morgan fingerprint density at radius 2 is 2.13 bits per heavy atom. The molecule has 2 aliphatic heterocycles. The van der Waals surface area contributed by atoms with Crippen LogP contribution < -0.4 is 5.32 Å². The highest BCUT2D eigenvalue weighted by atomic mass is 16.5. The van der Waals surface area contributed by atoms with Crippen LogP contribution in [0.15, 0.2) is 24.3 Å². The first-order valence-electron chi connectivity index (χ1n) is 8.26. The van der Waals surface area contributed by atoms with Gasteiger partial charge in [0, 0.05) is 11.9 Å². The smallest absolute Gasteiger partial charge is 0.144 e. The minimum atomic E-state index is -1.39. The largest absolute Gasteiger partial charge is 0.384 e. The molecule has 5 nitrogen and oxygen atoms in total. The molecule has 2 unspecified atom stereocenters. The number of anilines is 1. The number of aromatic nitrogens is 1. The second-order valence-electron chi connectivity index (χ2n) is 6.67. The second kappa shape index (κ2) is 5.16. The number of benzene rings is 1. The normalized spacial score (nSPS) is 30.2. The zero-order chi connectivity index (χ0) is 16.1. The van der Waals surface area contributed by atoms with Gasteiger partial charge in [0.15, 0.2) is 0 Å². The van der Waals surface area contributed by atoms with E-state index >= 15 is 0 Å². The van der Waals surface area contributed by atoms with Crippen molar-refractivity contribution in [1.29, 1.82) is 0 Å². The maximum Gasteiger partial charge on any atom is 0.144 e. The van der Waals surface area contributed by atoms with Gasteiger partial charge in [-0.3, -0.25) is 0 Å². The standard InChI is InChI=1S/C18H22N2O3/c1-2-17(21)10-23-11-18(17,22)14-6-5-12-8-13-4-3-7-19-16(13)20-15(12)9-14/h5-6,8-9,21-22H,2-4,7,10-11H2,1H3,(H,19,20). The van der Waals surface area contributed by atoms with Crippen LogP contribution in [-0.4, -0.2) is 40.6 Å². The molecule has 1 aromatic heterocycles. The lowest BCUT2D eigenvalue weighted by Gasteiger charge is -2.35. The third kappa shape index (κ3) is 2.15. The average molecular weight is 314 g/mol. The molecule has 0 amide bonds. The first kappa shape index (κ1) is 14.9. The number of ether oxygens (including phenoxy) is 1. The minimum Gasteiger partial charge on any atom is -0.384 e. The van der Waals surface area contributed by atoms with Crippen molar-refractivity contribution in [2.75, 3.05) is 25.1 Å². The molecule has 2 atom stereocenters. The van der Waals surface area contributed by atoms with Crippen molar-refractivity contribution < 1.29 is 14.9 Å². The van der Waals surface area contributed by atoms with Gasteiger partial charge in [0.1, 0.15) is 17.0 Å². The molecule has 3 heterocycles. The highest BCUT2D eigenvalue weighted by Crippen LogP contribution is 2.41. The van der Waals surface area contributed by atoms with E-state index in [0.717, 1.165) is 36.1 Å². The molecule has 2 aromatic rings. The fourth-order valence-corrected chi connectivity index (χ4v) is 3.67. The molecule has 2 aliphatic rings. The molecule has 0 aliphatic carbocycles. The Morgan fingerprint density at radius 3 is 2.96 bits per heavy atom. The molecule has 5 heteroatoms. The van der Waals surface area contributed by atoms with Crippen LogP contribution in [0.1, 0.15) is 30.9 Å². The van der Waals surface area contributed by atoms with E-state index in [-0.39, 0.29) is 13.2 Å². The van der Waals surface area contributed by atoms with E-state index in [9.17, 15) is 10.2 Å². The van der Waals surface area contributed by atoms with E-state index in [1.165, 1.54) is 5.56 Å². The van der Waals surface area contributed by atoms with Crippen LogP contribution in [0.4, 0.5) is 5.82 Å². The molecule has 3 N–H and O–H groups in total. The van der Waals surface area contributed by atoms with Gasteiger partial charge in [-0.05, 0) is 42.5 Å². The van der Waals surface area contributed by atoms with Gasteiger partial charge >= 0.3 is 0 Å². The quantitative estimate of drug-likeness (QED) is 0.790. The lowest BCUT2D eigenvalue weighted by molar-refractivity contribution is -0.124. The Balaban J connectivity index is 1.82. The van der Waals surface area contributed by atoms with Crippen molar-refractivity contribution in [3.8, 4) is 0 Å². The fourth-order valence-electron chi connectivity index (χ4n) is 3.67. The van der Waals surface area contributed by atoms with E-state index in [1.54, 1.807) is 0 Å². The molecule has 23 heavy (non-hydrogen) atoms. The molecule has 1 fully saturated rings. The zero-order valence-corrected chi connectivity index (χ0v) is 13.3. The summed E-state index contributed by atoms with van der Waals surface area (Å²) >= 11 is 0. The SMILES string of the molecule is CCC1(O)COCC1(O)c1ccc2cc3c(nc2c1)NCCC3. The number of pyridine rings is 1. The lowest BCUT2D eigenvalue weighted by Crippen LogP contribution is -2.50. The molecule has 1 saturated heterocycles. The van der Waals surface area contributed by atoms with E-state index in [0.29, 0.717) is 12.0 Å². The first-order valence-corrected chi connectivity index (χ1v) is 8.26. The van der Waals surface area contributed by atoms with Crippen LogP contribution in [0.5, 0.6) is 0 Å². The van der Waals surface area contributed by atoms with E-state index < -0.39 is 11.2 Å². The summed E-state index contributed by atoms with van der Waals surface area (Å²) in [7, 11) is 0. The Kier molecular flexibility index (Phi) is 3.34. The number of fused-ring (bicyclic) bond motifs is 2. The van der Waals surface area contributed by atoms with Crippen molar-refractivity contribution in [2.45, 2.75) is 37.4 Å². The molecule has 1 aromatic carbocycles. The fraction of sp³-hybridized carbons (Fsp3) is 0.500. The van der Waals surface area contributed by atoms with Crippen molar-refractivity contribution in [1.82, 2.24) is 4.98 Å². The number of hydrogen-bond acceptors (Lipinski definition) is 5. The van der Waals surface area contributed by atoms with Crippen molar-refractivity contribution in [2.24, 2.45) is 0 Å². The highest BCUT2D eigenvalue weighted by molar-refractivity contribution is 5.83. The number of aliphatic hydroxyl groups is 2. The lowest BCUT2D eigenvalue weighted by atomic mass is 9.78. The third-order valence-electron chi connectivity index (χ3n) is 5.30. The average Bonchev–Trinajstić information content (AvgIpc) is 2.89. The summed E-state index contributed by atoms with van der Waals surface area (Å²) in [5.41, 5.74) is 0.0858. The van der Waals surface area contributed by atoms with Gasteiger partial charge in [0.05, 0.1) is 18.7 Å². The van der Waals surface area contributed by atoms with Crippen molar-refractivity contribution in [3.05, 3.63) is 35.4 Å². The summed E-state index contributed by atoms with van der Waals surface area (Å²) in [5, 5.41) is 26.2. The number of nitrogens with zero attached hydrogens (tertiary/aromatic N) is 1. The van der Waals surface area contributed by atoms with E-state index in [2.05, 4.69) is 11.4 Å². The number of rotatable bonds is 2. The van der Waals surface area contributed by atoms with Gasteiger partial charge in [0.25, 0.3) is 0 Å². The van der Waals surface area contributed by atoms with Gasteiger partial charge < -0.3 is 20.3 Å². The molecule has 122 valence electrons. The number of aryl methyl sites for hydroxylation is 1. The Labute approximate surface area is 135 Å². The molecule has 4 rings (SSSR count). The predicted molar refractivity (Wildman–Crippen MR) is 88.5 cm³/mol. The molecular formula is C18H22N2O3. The molecular weight excluding hydrogens is 292 g/mol. The van der Waals surface area contributed by atoms with Gasteiger partial charge in [-0.1, -0.05) is 19.1 Å². The highest BCUT2D eigenvalue weighted by Gasteiger charge is 2.54. The summed E-state index contributed by atoms with van der Waals surface area (Å²) in [4.78, 5) is 4.71. The summed E-state index contributed by atoms with van der Waals surface area (Å²) < 4.78 is 5.39. The van der Waals surface area contributed by atoms with Crippen LogP contribution >= 0.6 is 0 Å². The van der Waals surface area contributed by atoms with Gasteiger partial charge in [0.2, 0.25) is 0 Å². The van der Waals surface area contributed by atoms with Crippen LogP contribution in [0.25, 0.3) is 10.9 Å². The molecule has 0 bridgehead atoms. The van der Waals surface area contributed by atoms with E-state index in [1.807, 2.05) is 25.1 Å². The first-order chi connectivity index (χ1) is 11.1. The van der Waals surface area contributed by atoms with Crippen molar-refractivity contribution >= 4 is 16.7 Å².